The normalized spacial score (nSPS) is 55.7. The van der Waals surface area contributed by atoms with Crippen LogP contribution in [0.1, 0.15) is 113 Å². The van der Waals surface area contributed by atoms with E-state index in [0.29, 0.717) is 11.8 Å². The molecule has 0 radical (unpaired) electrons. The Labute approximate surface area is 208 Å². The largest absolute Gasteiger partial charge is 0.393 e. The molecule has 4 nitrogen and oxygen atoms in total. The molecule has 5 rings (SSSR count). The van der Waals surface area contributed by atoms with Crippen molar-refractivity contribution in [1.29, 1.82) is 0 Å². The van der Waals surface area contributed by atoms with Gasteiger partial charge < -0.3 is 20.1 Å². The zero-order valence-electron chi connectivity index (χ0n) is 23.2. The van der Waals surface area contributed by atoms with Crippen LogP contribution in [-0.4, -0.2) is 44.8 Å². The zero-order chi connectivity index (χ0) is 25.1. The fourth-order valence-electron chi connectivity index (χ4n) is 11.0. The Morgan fingerprint density at radius 3 is 2.03 bits per heavy atom. The molecule has 0 amide bonds. The van der Waals surface area contributed by atoms with Crippen LogP contribution in [0.25, 0.3) is 0 Å². The number of aliphatic hydroxyl groups excluding tert-OH is 2. The van der Waals surface area contributed by atoms with Crippen LogP contribution in [0, 0.1) is 45.3 Å². The molecule has 34 heavy (non-hydrogen) atoms. The summed E-state index contributed by atoms with van der Waals surface area (Å²) in [6, 6.07) is 0. The van der Waals surface area contributed by atoms with Gasteiger partial charge in [0.1, 0.15) is 0 Å². The van der Waals surface area contributed by atoms with Crippen LogP contribution in [0.4, 0.5) is 0 Å². The fraction of sp³-hybridized carbons (Fsp3) is 1.00. The highest BCUT2D eigenvalue weighted by Crippen LogP contribution is 2.75. The number of fused-ring (bicyclic) bond motifs is 5. The minimum atomic E-state index is -0.918. The van der Waals surface area contributed by atoms with E-state index in [2.05, 4.69) is 48.5 Å². The number of hydrogen-bond donors (Lipinski definition) is 3. The van der Waals surface area contributed by atoms with Gasteiger partial charge in [0.05, 0.1) is 29.5 Å². The molecule has 0 bridgehead atoms. The molecule has 11 atom stereocenters. The molecule has 5 fully saturated rings. The molecule has 1 aliphatic heterocycles. The highest BCUT2D eigenvalue weighted by Gasteiger charge is 2.71. The van der Waals surface area contributed by atoms with Crippen molar-refractivity contribution in [2.45, 2.75) is 143 Å². The van der Waals surface area contributed by atoms with Crippen molar-refractivity contribution in [3.05, 3.63) is 0 Å². The fourth-order valence-corrected chi connectivity index (χ4v) is 11.0. The van der Waals surface area contributed by atoms with E-state index in [-0.39, 0.29) is 57.4 Å². The lowest BCUT2D eigenvalue weighted by Gasteiger charge is -2.70. The van der Waals surface area contributed by atoms with Gasteiger partial charge >= 0.3 is 0 Å². The zero-order valence-corrected chi connectivity index (χ0v) is 23.2. The first-order chi connectivity index (χ1) is 15.5. The Bertz CT molecular complexity index is 819. The number of aliphatic hydroxyl groups is 3. The van der Waals surface area contributed by atoms with E-state index >= 15 is 0 Å². The lowest BCUT2D eigenvalue weighted by molar-refractivity contribution is -0.250. The molecule has 4 heteroatoms. The standard InChI is InChI=1S/C30H52O4/c1-25(2)13-12-23(34-25)30(8,33)18-9-15-29(7)24(18)19(31)17-21-27(5)14-11-22(32)26(3,4)20(27)10-16-28(21,29)6/h18-24,31-33H,9-17H2,1-8H3/t18-,19+,20-,21+,22-,23-,24-,27-,28+,29+,30-/m0/s1. The van der Waals surface area contributed by atoms with Gasteiger partial charge in [-0.15, -0.1) is 0 Å². The maximum absolute atomic E-state index is 12.0. The summed E-state index contributed by atoms with van der Waals surface area (Å²) >= 11 is 0. The first-order valence-electron chi connectivity index (χ1n) is 14.3. The van der Waals surface area contributed by atoms with Gasteiger partial charge in [0.15, 0.2) is 0 Å². The first-order valence-corrected chi connectivity index (χ1v) is 14.3. The summed E-state index contributed by atoms with van der Waals surface area (Å²) in [6.45, 7) is 18.3. The second-order valence-electron chi connectivity index (χ2n) is 15.5. The van der Waals surface area contributed by atoms with Crippen LogP contribution >= 0.6 is 0 Å². The average molecular weight is 477 g/mol. The predicted molar refractivity (Wildman–Crippen MR) is 135 cm³/mol. The third kappa shape index (κ3) is 3.16. The van der Waals surface area contributed by atoms with Crippen LogP contribution in [0.3, 0.4) is 0 Å². The van der Waals surface area contributed by atoms with Crippen molar-refractivity contribution in [2.75, 3.05) is 0 Å². The molecule has 0 spiro atoms. The number of rotatable bonds is 2. The van der Waals surface area contributed by atoms with Crippen molar-refractivity contribution in [1.82, 2.24) is 0 Å². The highest BCUT2D eigenvalue weighted by molar-refractivity contribution is 5.20. The SMILES string of the molecule is CC1(C)CC[C@@H]([C@@](C)(O)[C@H]2CC[C@]3(C)[C@@H]2[C@H](O)C[C@@H]2[C@@]4(C)CC[C@H](O)C(C)(C)[C@@H]4CC[C@]23C)O1. The van der Waals surface area contributed by atoms with E-state index in [1.165, 1.54) is 0 Å². The number of hydrogen-bond acceptors (Lipinski definition) is 4. The lowest BCUT2D eigenvalue weighted by Crippen LogP contribution is -2.67. The molecule has 4 aliphatic carbocycles. The molecule has 5 aliphatic rings. The summed E-state index contributed by atoms with van der Waals surface area (Å²) in [4.78, 5) is 0. The summed E-state index contributed by atoms with van der Waals surface area (Å²) in [5.74, 6) is 1.12. The van der Waals surface area contributed by atoms with Crippen molar-refractivity contribution in [3.8, 4) is 0 Å². The number of ether oxygens (including phenoxy) is 1. The minimum Gasteiger partial charge on any atom is -0.393 e. The Morgan fingerprint density at radius 2 is 1.41 bits per heavy atom. The summed E-state index contributed by atoms with van der Waals surface area (Å²) in [6.07, 6.45) is 8.24. The molecule has 0 aromatic heterocycles. The van der Waals surface area contributed by atoms with E-state index in [0.717, 1.165) is 57.8 Å². The summed E-state index contributed by atoms with van der Waals surface area (Å²) in [5, 5.41) is 34.7. The predicted octanol–water partition coefficient (Wildman–Crippen LogP) is 5.71. The molecule has 1 heterocycles. The summed E-state index contributed by atoms with van der Waals surface area (Å²) < 4.78 is 6.37. The Balaban J connectivity index is 1.49. The lowest BCUT2D eigenvalue weighted by atomic mass is 9.35. The minimum absolute atomic E-state index is 0.00625. The Kier molecular flexibility index (Phi) is 5.59. The van der Waals surface area contributed by atoms with Crippen LogP contribution in [-0.2, 0) is 4.74 Å². The van der Waals surface area contributed by atoms with E-state index in [1.807, 2.05) is 6.92 Å². The van der Waals surface area contributed by atoms with Crippen LogP contribution in [0.2, 0.25) is 0 Å². The maximum atomic E-state index is 12.0. The van der Waals surface area contributed by atoms with Crippen LogP contribution < -0.4 is 0 Å². The van der Waals surface area contributed by atoms with Gasteiger partial charge in [-0.2, -0.15) is 0 Å². The average Bonchev–Trinajstić information content (AvgIpc) is 3.29. The topological polar surface area (TPSA) is 69.9 Å². The third-order valence-electron chi connectivity index (χ3n) is 13.2. The first kappa shape index (κ1) is 25.5. The van der Waals surface area contributed by atoms with Crippen molar-refractivity contribution in [3.63, 3.8) is 0 Å². The van der Waals surface area contributed by atoms with Gasteiger partial charge in [-0.05, 0) is 124 Å². The van der Waals surface area contributed by atoms with Gasteiger partial charge in [-0.25, -0.2) is 0 Å². The maximum Gasteiger partial charge on any atom is 0.0912 e. The summed E-state index contributed by atoms with van der Waals surface area (Å²) in [7, 11) is 0. The molecule has 196 valence electrons. The Morgan fingerprint density at radius 1 is 0.765 bits per heavy atom. The molecular formula is C30H52O4. The molecule has 1 saturated heterocycles. The van der Waals surface area contributed by atoms with Crippen LogP contribution in [0.5, 0.6) is 0 Å². The van der Waals surface area contributed by atoms with Crippen molar-refractivity contribution in [2.24, 2.45) is 45.3 Å². The molecular weight excluding hydrogens is 424 g/mol. The van der Waals surface area contributed by atoms with Gasteiger partial charge in [-0.3, -0.25) is 0 Å². The molecule has 0 aromatic carbocycles. The van der Waals surface area contributed by atoms with Gasteiger partial charge in [0, 0.05) is 0 Å². The second kappa shape index (κ2) is 7.45. The molecule has 0 unspecified atom stereocenters. The van der Waals surface area contributed by atoms with E-state index in [9.17, 15) is 15.3 Å². The highest BCUT2D eigenvalue weighted by atomic mass is 16.5. The monoisotopic (exact) mass is 476 g/mol. The van der Waals surface area contributed by atoms with Crippen molar-refractivity contribution >= 4 is 0 Å². The van der Waals surface area contributed by atoms with Gasteiger partial charge in [-0.1, -0.05) is 34.6 Å². The second-order valence-corrected chi connectivity index (χ2v) is 15.5. The Hall–Kier alpha value is -0.160. The van der Waals surface area contributed by atoms with Crippen LogP contribution in [0.15, 0.2) is 0 Å². The summed E-state index contributed by atoms with van der Waals surface area (Å²) in [5.41, 5.74) is -0.884. The quantitative estimate of drug-likeness (QED) is 0.477. The van der Waals surface area contributed by atoms with E-state index in [4.69, 9.17) is 4.74 Å². The molecule has 3 N–H and O–H groups in total. The van der Waals surface area contributed by atoms with Gasteiger partial charge in [0.25, 0.3) is 0 Å². The molecule has 4 saturated carbocycles. The molecule has 0 aromatic rings. The van der Waals surface area contributed by atoms with Gasteiger partial charge in [0.2, 0.25) is 0 Å². The smallest absolute Gasteiger partial charge is 0.0912 e. The van der Waals surface area contributed by atoms with Crippen molar-refractivity contribution < 1.29 is 20.1 Å². The van der Waals surface area contributed by atoms with E-state index in [1.54, 1.807) is 0 Å². The van der Waals surface area contributed by atoms with E-state index < -0.39 is 5.60 Å². The third-order valence-corrected chi connectivity index (χ3v) is 13.2.